The number of nitrogens with one attached hydrogen (secondary N) is 1. The minimum atomic E-state index is -4.31. The summed E-state index contributed by atoms with van der Waals surface area (Å²) in [6, 6.07) is 5.25. The molecule has 2 rings (SSSR count). The van der Waals surface area contributed by atoms with Crippen LogP contribution in [0.1, 0.15) is 25.0 Å². The van der Waals surface area contributed by atoms with Gasteiger partial charge in [-0.3, -0.25) is 10.4 Å². The van der Waals surface area contributed by atoms with Crippen molar-refractivity contribution in [1.29, 1.82) is 0 Å². The molecule has 1 aromatic rings. The summed E-state index contributed by atoms with van der Waals surface area (Å²) in [5.74, 6) is 0.460. The van der Waals surface area contributed by atoms with E-state index in [9.17, 15) is 13.2 Å². The van der Waals surface area contributed by atoms with Crippen LogP contribution in [-0.2, 0) is 6.18 Å². The van der Waals surface area contributed by atoms with E-state index < -0.39 is 11.7 Å². The van der Waals surface area contributed by atoms with Crippen molar-refractivity contribution in [3.8, 4) is 0 Å². The highest BCUT2D eigenvalue weighted by Crippen LogP contribution is 2.30. The summed E-state index contributed by atoms with van der Waals surface area (Å²) in [5.41, 5.74) is 5.30. The van der Waals surface area contributed by atoms with E-state index in [1.165, 1.54) is 12.1 Å². The van der Waals surface area contributed by atoms with Gasteiger partial charge in [0.2, 0.25) is 0 Å². The minimum absolute atomic E-state index is 0.460. The molecule has 1 aromatic carbocycles. The van der Waals surface area contributed by atoms with Crippen LogP contribution in [0.4, 0.5) is 13.2 Å². The van der Waals surface area contributed by atoms with E-state index in [1.807, 2.05) is 31.4 Å². The lowest BCUT2D eigenvalue weighted by molar-refractivity contribution is -0.137. The molecule has 0 fully saturated rings. The number of rotatable bonds is 5. The van der Waals surface area contributed by atoms with Crippen LogP contribution >= 0.6 is 0 Å². The van der Waals surface area contributed by atoms with Crippen molar-refractivity contribution in [2.75, 3.05) is 27.2 Å². The second kappa shape index (κ2) is 7.30. The summed E-state index contributed by atoms with van der Waals surface area (Å²) in [4.78, 5) is 2.06. The van der Waals surface area contributed by atoms with Gasteiger partial charge in [-0.15, -0.1) is 0 Å². The summed E-state index contributed by atoms with van der Waals surface area (Å²) >= 11 is 0. The maximum absolute atomic E-state index is 12.7. The number of hydrazine groups is 1. The Balaban J connectivity index is 2.26. The van der Waals surface area contributed by atoms with Crippen molar-refractivity contribution in [2.24, 2.45) is 5.92 Å². The first-order valence-electron chi connectivity index (χ1n) is 7.93. The summed E-state index contributed by atoms with van der Waals surface area (Å²) in [5, 5.41) is 2.00. The molecular formula is C18H24F3N3. The Morgan fingerprint density at radius 1 is 1.12 bits per heavy atom. The lowest BCUT2D eigenvalue weighted by Gasteiger charge is -2.31. The molecule has 1 N–H and O–H groups in total. The van der Waals surface area contributed by atoms with Crippen molar-refractivity contribution >= 4 is 5.70 Å². The first-order valence-corrected chi connectivity index (χ1v) is 7.93. The molecule has 0 amide bonds. The predicted molar refractivity (Wildman–Crippen MR) is 90.7 cm³/mol. The SMILES string of the molecule is CC(C)CN1C=C(CN(C)C)C=C(c2ccc(C(F)(F)F)cc2)N1. The predicted octanol–water partition coefficient (Wildman–Crippen LogP) is 3.97. The third kappa shape index (κ3) is 5.03. The number of alkyl halides is 3. The lowest BCUT2D eigenvalue weighted by Crippen LogP contribution is -2.38. The van der Waals surface area contributed by atoms with Crippen molar-refractivity contribution in [3.63, 3.8) is 0 Å². The van der Waals surface area contributed by atoms with Crippen LogP contribution in [0, 0.1) is 5.92 Å². The Kier molecular flexibility index (Phi) is 5.59. The number of hydrogen-bond acceptors (Lipinski definition) is 3. The van der Waals surface area contributed by atoms with Gasteiger partial charge in [-0.1, -0.05) is 26.0 Å². The zero-order valence-electron chi connectivity index (χ0n) is 14.5. The number of nitrogens with zero attached hydrogens (tertiary/aromatic N) is 2. The molecule has 24 heavy (non-hydrogen) atoms. The number of benzene rings is 1. The van der Waals surface area contributed by atoms with Crippen LogP contribution in [0.5, 0.6) is 0 Å². The first-order chi connectivity index (χ1) is 11.1. The van der Waals surface area contributed by atoms with Gasteiger partial charge < -0.3 is 4.90 Å². The van der Waals surface area contributed by atoms with E-state index >= 15 is 0 Å². The van der Waals surface area contributed by atoms with Gasteiger partial charge in [-0.2, -0.15) is 13.2 Å². The molecule has 132 valence electrons. The van der Waals surface area contributed by atoms with Crippen molar-refractivity contribution in [1.82, 2.24) is 15.3 Å². The molecule has 0 unspecified atom stereocenters. The molecule has 3 nitrogen and oxygen atoms in total. The lowest BCUT2D eigenvalue weighted by atomic mass is 10.1. The number of likely N-dealkylation sites (N-methyl/N-ethyl adjacent to an activating group) is 1. The van der Waals surface area contributed by atoms with Crippen molar-refractivity contribution in [2.45, 2.75) is 20.0 Å². The monoisotopic (exact) mass is 339 g/mol. The molecule has 0 aromatic heterocycles. The Labute approximate surface area is 141 Å². The van der Waals surface area contributed by atoms with Gasteiger partial charge in [0, 0.05) is 19.3 Å². The average Bonchev–Trinajstić information content (AvgIpc) is 2.44. The zero-order valence-corrected chi connectivity index (χ0v) is 14.5. The topological polar surface area (TPSA) is 18.5 Å². The fourth-order valence-electron chi connectivity index (χ4n) is 2.57. The smallest absolute Gasteiger partial charge is 0.305 e. The third-order valence-corrected chi connectivity index (χ3v) is 3.50. The third-order valence-electron chi connectivity index (χ3n) is 3.50. The van der Waals surface area contributed by atoms with Gasteiger partial charge >= 0.3 is 6.18 Å². The van der Waals surface area contributed by atoms with Gasteiger partial charge in [0.1, 0.15) is 0 Å². The molecule has 0 saturated heterocycles. The van der Waals surface area contributed by atoms with E-state index in [4.69, 9.17) is 0 Å². The number of hydrogen-bond donors (Lipinski definition) is 1. The fraction of sp³-hybridized carbons (Fsp3) is 0.444. The molecule has 0 saturated carbocycles. The maximum Gasteiger partial charge on any atom is 0.416 e. The van der Waals surface area contributed by atoms with Crippen molar-refractivity contribution < 1.29 is 13.2 Å². The second-order valence-corrected chi connectivity index (χ2v) is 6.73. The molecule has 1 aliphatic rings. The van der Waals surface area contributed by atoms with Crippen LogP contribution in [0.15, 0.2) is 42.1 Å². The molecule has 1 heterocycles. The van der Waals surface area contributed by atoms with Crippen LogP contribution in [-0.4, -0.2) is 37.1 Å². The van der Waals surface area contributed by atoms with E-state index in [0.717, 1.165) is 42.1 Å². The van der Waals surface area contributed by atoms with E-state index in [0.29, 0.717) is 5.92 Å². The molecule has 0 radical (unpaired) electrons. The van der Waals surface area contributed by atoms with Gasteiger partial charge in [-0.25, -0.2) is 0 Å². The summed E-state index contributed by atoms with van der Waals surface area (Å²) < 4.78 is 38.2. The normalized spacial score (nSPS) is 15.5. The van der Waals surface area contributed by atoms with Crippen molar-refractivity contribution in [3.05, 3.63) is 53.2 Å². The molecule has 6 heteroatoms. The minimum Gasteiger partial charge on any atom is -0.305 e. The standard InChI is InChI=1S/C18H24F3N3/c1-13(2)10-24-12-14(11-23(3)4)9-17(22-24)15-5-7-16(8-6-15)18(19,20)21/h5-9,12-13,22H,10-11H2,1-4H3. The highest BCUT2D eigenvalue weighted by molar-refractivity contribution is 5.68. The maximum atomic E-state index is 12.7. The highest BCUT2D eigenvalue weighted by Gasteiger charge is 2.30. The van der Waals surface area contributed by atoms with Crippen LogP contribution in [0.25, 0.3) is 5.70 Å². The van der Waals surface area contributed by atoms with Gasteiger partial charge in [-0.05, 0) is 49.4 Å². The van der Waals surface area contributed by atoms with Gasteiger partial charge in [0.15, 0.2) is 0 Å². The van der Waals surface area contributed by atoms with Gasteiger partial charge in [0.05, 0.1) is 11.3 Å². The van der Waals surface area contributed by atoms with Crippen LogP contribution < -0.4 is 5.43 Å². The molecule has 0 atom stereocenters. The first kappa shape index (κ1) is 18.4. The van der Waals surface area contributed by atoms with Crippen LogP contribution in [0.3, 0.4) is 0 Å². The fourth-order valence-corrected chi connectivity index (χ4v) is 2.57. The number of halogens is 3. The van der Waals surface area contributed by atoms with E-state index in [-0.39, 0.29) is 0 Å². The quantitative estimate of drug-likeness (QED) is 0.876. The second-order valence-electron chi connectivity index (χ2n) is 6.73. The highest BCUT2D eigenvalue weighted by atomic mass is 19.4. The average molecular weight is 339 g/mol. The van der Waals surface area contributed by atoms with E-state index in [2.05, 4.69) is 24.2 Å². The Bertz CT molecular complexity index is 613. The largest absolute Gasteiger partial charge is 0.416 e. The summed E-state index contributed by atoms with van der Waals surface area (Å²) in [7, 11) is 3.97. The van der Waals surface area contributed by atoms with Gasteiger partial charge in [0.25, 0.3) is 0 Å². The van der Waals surface area contributed by atoms with E-state index in [1.54, 1.807) is 0 Å². The molecule has 1 aliphatic heterocycles. The Hall–Kier alpha value is -1.95. The summed E-state index contributed by atoms with van der Waals surface area (Å²) in [6.07, 6.45) is -0.278. The molecular weight excluding hydrogens is 315 g/mol. The zero-order chi connectivity index (χ0) is 17.9. The molecule has 0 spiro atoms. The Morgan fingerprint density at radius 3 is 2.25 bits per heavy atom. The molecule has 0 bridgehead atoms. The summed E-state index contributed by atoms with van der Waals surface area (Å²) in [6.45, 7) is 5.82. The molecule has 0 aliphatic carbocycles. The van der Waals surface area contributed by atoms with Crippen LogP contribution in [0.2, 0.25) is 0 Å². The Morgan fingerprint density at radius 2 is 1.75 bits per heavy atom.